The number of nitrogens with zero attached hydrogens (tertiary/aromatic N) is 1. The molecule has 2 aromatic rings. The molecule has 0 saturated heterocycles. The van der Waals surface area contributed by atoms with E-state index in [1.807, 2.05) is 48.2 Å². The number of likely N-dealkylation sites (N-methyl/N-ethyl adjacent to an activating group) is 1. The molecule has 0 bridgehead atoms. The van der Waals surface area contributed by atoms with Crippen LogP contribution in [-0.4, -0.2) is 17.4 Å². The molecule has 3 rings (SSSR count). The third-order valence-corrected chi connectivity index (χ3v) is 3.92. The van der Waals surface area contributed by atoms with E-state index in [4.69, 9.17) is 16.3 Å². The van der Waals surface area contributed by atoms with E-state index in [-0.39, 0.29) is 5.91 Å². The van der Waals surface area contributed by atoms with Crippen LogP contribution in [0.3, 0.4) is 0 Å². The van der Waals surface area contributed by atoms with Crippen LogP contribution in [0.4, 0.5) is 0 Å². The molecule has 108 valence electrons. The first-order valence-corrected chi connectivity index (χ1v) is 7.35. The van der Waals surface area contributed by atoms with Crippen molar-refractivity contribution in [2.75, 3.05) is 6.54 Å². The smallest absolute Gasteiger partial charge is 0.268 e. The number of hydrogen-bond donors (Lipinski definition) is 0. The highest BCUT2D eigenvalue weighted by Gasteiger charge is 2.31. The molecule has 0 radical (unpaired) electrons. The second kappa shape index (κ2) is 5.78. The SMILES string of the molecule is CCN1Cc2ccccc2OC(c2ccc(Cl)cc2)C1=O. The number of rotatable bonds is 2. The number of hydrogen-bond acceptors (Lipinski definition) is 2. The van der Waals surface area contributed by atoms with Crippen molar-refractivity contribution in [3.8, 4) is 5.75 Å². The van der Waals surface area contributed by atoms with Crippen LogP contribution in [0.5, 0.6) is 5.75 Å². The number of carbonyl (C=O) groups is 1. The minimum absolute atomic E-state index is 0.0176. The Kier molecular flexibility index (Phi) is 3.84. The van der Waals surface area contributed by atoms with E-state index in [1.54, 1.807) is 12.1 Å². The van der Waals surface area contributed by atoms with Crippen LogP contribution in [0.15, 0.2) is 48.5 Å². The molecule has 1 heterocycles. The molecule has 1 aliphatic rings. The van der Waals surface area contributed by atoms with E-state index in [0.717, 1.165) is 16.9 Å². The Morgan fingerprint density at radius 1 is 1.19 bits per heavy atom. The predicted molar refractivity (Wildman–Crippen MR) is 82.4 cm³/mol. The van der Waals surface area contributed by atoms with Crippen LogP contribution >= 0.6 is 11.6 Å². The van der Waals surface area contributed by atoms with Gasteiger partial charge in [0.2, 0.25) is 6.10 Å². The Labute approximate surface area is 129 Å². The van der Waals surface area contributed by atoms with Gasteiger partial charge in [-0.1, -0.05) is 41.9 Å². The molecule has 3 nitrogen and oxygen atoms in total. The lowest BCUT2D eigenvalue weighted by atomic mass is 10.1. The van der Waals surface area contributed by atoms with E-state index in [9.17, 15) is 4.79 Å². The summed E-state index contributed by atoms with van der Waals surface area (Å²) >= 11 is 5.92. The molecular formula is C17H16ClNO2. The summed E-state index contributed by atoms with van der Waals surface area (Å²) in [6.07, 6.45) is -0.620. The predicted octanol–water partition coefficient (Wildman–Crippen LogP) is 3.82. The zero-order chi connectivity index (χ0) is 14.8. The van der Waals surface area contributed by atoms with Crippen molar-refractivity contribution in [3.05, 3.63) is 64.7 Å². The van der Waals surface area contributed by atoms with E-state index in [0.29, 0.717) is 18.1 Å². The van der Waals surface area contributed by atoms with Gasteiger partial charge in [-0.2, -0.15) is 0 Å². The molecule has 0 aromatic heterocycles. The topological polar surface area (TPSA) is 29.5 Å². The summed E-state index contributed by atoms with van der Waals surface area (Å²) in [4.78, 5) is 14.5. The Morgan fingerprint density at radius 3 is 2.62 bits per heavy atom. The standard InChI is InChI=1S/C17H16ClNO2/c1-2-19-11-13-5-3-4-6-15(13)21-16(17(19)20)12-7-9-14(18)10-8-12/h3-10,16H,2,11H2,1H3. The van der Waals surface area contributed by atoms with Gasteiger partial charge in [-0.15, -0.1) is 0 Å². The van der Waals surface area contributed by atoms with Gasteiger partial charge >= 0.3 is 0 Å². The second-order valence-electron chi connectivity index (χ2n) is 5.01. The van der Waals surface area contributed by atoms with Gasteiger partial charge in [0.25, 0.3) is 5.91 Å². The molecule has 21 heavy (non-hydrogen) atoms. The molecular weight excluding hydrogens is 286 g/mol. The van der Waals surface area contributed by atoms with Crippen molar-refractivity contribution in [3.63, 3.8) is 0 Å². The van der Waals surface area contributed by atoms with Crippen molar-refractivity contribution in [1.82, 2.24) is 4.90 Å². The first-order valence-electron chi connectivity index (χ1n) is 6.98. The van der Waals surface area contributed by atoms with Gasteiger partial charge in [0.1, 0.15) is 5.75 Å². The van der Waals surface area contributed by atoms with Crippen LogP contribution in [-0.2, 0) is 11.3 Å². The second-order valence-corrected chi connectivity index (χ2v) is 5.45. The van der Waals surface area contributed by atoms with Gasteiger partial charge in [-0.3, -0.25) is 4.79 Å². The molecule has 1 aliphatic heterocycles. The molecule has 2 aromatic carbocycles. The molecule has 1 atom stereocenters. The summed E-state index contributed by atoms with van der Waals surface area (Å²) in [5, 5.41) is 0.646. The number of carbonyl (C=O) groups excluding carboxylic acids is 1. The Balaban J connectivity index is 2.02. The van der Waals surface area contributed by atoms with Crippen molar-refractivity contribution >= 4 is 17.5 Å². The zero-order valence-electron chi connectivity index (χ0n) is 11.8. The molecule has 0 fully saturated rings. The van der Waals surface area contributed by atoms with Gasteiger partial charge in [0.05, 0.1) is 0 Å². The highest BCUT2D eigenvalue weighted by Crippen LogP contribution is 2.32. The minimum atomic E-state index is -0.620. The van der Waals surface area contributed by atoms with Crippen molar-refractivity contribution < 1.29 is 9.53 Å². The average molecular weight is 302 g/mol. The van der Waals surface area contributed by atoms with E-state index in [2.05, 4.69) is 0 Å². The fourth-order valence-electron chi connectivity index (χ4n) is 2.49. The first-order chi connectivity index (χ1) is 10.2. The summed E-state index contributed by atoms with van der Waals surface area (Å²) in [5.74, 6) is 0.748. The first kappa shape index (κ1) is 14.0. The van der Waals surface area contributed by atoms with E-state index in [1.165, 1.54) is 0 Å². The number of halogens is 1. The van der Waals surface area contributed by atoms with Crippen LogP contribution in [0.25, 0.3) is 0 Å². The lowest BCUT2D eigenvalue weighted by molar-refractivity contribution is -0.138. The monoisotopic (exact) mass is 301 g/mol. The highest BCUT2D eigenvalue weighted by molar-refractivity contribution is 6.30. The summed E-state index contributed by atoms with van der Waals surface area (Å²) in [6.45, 7) is 3.21. The van der Waals surface area contributed by atoms with Gasteiger partial charge in [-0.25, -0.2) is 0 Å². The van der Waals surface area contributed by atoms with E-state index < -0.39 is 6.10 Å². The Hall–Kier alpha value is -2.00. The van der Waals surface area contributed by atoms with Crippen LogP contribution < -0.4 is 4.74 Å². The third-order valence-electron chi connectivity index (χ3n) is 3.67. The molecule has 4 heteroatoms. The number of fused-ring (bicyclic) bond motifs is 1. The molecule has 1 unspecified atom stereocenters. The van der Waals surface area contributed by atoms with Gasteiger partial charge in [0.15, 0.2) is 0 Å². The Morgan fingerprint density at radius 2 is 1.90 bits per heavy atom. The van der Waals surface area contributed by atoms with Gasteiger partial charge < -0.3 is 9.64 Å². The number of amides is 1. The molecule has 0 N–H and O–H groups in total. The van der Waals surface area contributed by atoms with Gasteiger partial charge in [0, 0.05) is 29.2 Å². The number of ether oxygens (including phenoxy) is 1. The van der Waals surface area contributed by atoms with Crippen molar-refractivity contribution in [2.45, 2.75) is 19.6 Å². The van der Waals surface area contributed by atoms with Crippen molar-refractivity contribution in [2.24, 2.45) is 0 Å². The molecule has 1 amide bonds. The lowest BCUT2D eigenvalue weighted by Crippen LogP contribution is -2.34. The maximum Gasteiger partial charge on any atom is 0.268 e. The minimum Gasteiger partial charge on any atom is -0.475 e. The molecule has 0 spiro atoms. The molecule has 0 saturated carbocycles. The Bertz CT molecular complexity index is 654. The lowest BCUT2D eigenvalue weighted by Gasteiger charge is -2.22. The maximum atomic E-state index is 12.7. The largest absolute Gasteiger partial charge is 0.475 e. The normalized spacial score (nSPS) is 17.9. The molecule has 0 aliphatic carbocycles. The summed E-state index contributed by atoms with van der Waals surface area (Å²) in [7, 11) is 0. The van der Waals surface area contributed by atoms with Gasteiger partial charge in [-0.05, 0) is 25.1 Å². The summed E-state index contributed by atoms with van der Waals surface area (Å²) in [5.41, 5.74) is 1.85. The maximum absolute atomic E-state index is 12.7. The zero-order valence-corrected chi connectivity index (χ0v) is 12.5. The van der Waals surface area contributed by atoms with E-state index >= 15 is 0 Å². The fraction of sp³-hybridized carbons (Fsp3) is 0.235. The van der Waals surface area contributed by atoms with Crippen LogP contribution in [0.2, 0.25) is 5.02 Å². The summed E-state index contributed by atoms with van der Waals surface area (Å²) in [6, 6.07) is 15.0. The number of para-hydroxylation sites is 1. The number of benzene rings is 2. The average Bonchev–Trinajstić information content (AvgIpc) is 2.65. The quantitative estimate of drug-likeness (QED) is 0.844. The van der Waals surface area contributed by atoms with Crippen LogP contribution in [0.1, 0.15) is 24.2 Å². The third kappa shape index (κ3) is 2.74. The summed E-state index contributed by atoms with van der Waals surface area (Å²) < 4.78 is 5.99. The van der Waals surface area contributed by atoms with Crippen LogP contribution in [0, 0.1) is 0 Å². The highest BCUT2D eigenvalue weighted by atomic mass is 35.5. The van der Waals surface area contributed by atoms with Crippen molar-refractivity contribution in [1.29, 1.82) is 0 Å². The fourth-order valence-corrected chi connectivity index (χ4v) is 2.62.